The van der Waals surface area contributed by atoms with E-state index in [9.17, 15) is 19.2 Å². The molecule has 8 nitrogen and oxygen atoms in total. The predicted octanol–water partition coefficient (Wildman–Crippen LogP) is 5.44. The average molecular weight is 545 g/mol. The van der Waals surface area contributed by atoms with E-state index in [1.54, 1.807) is 48.5 Å². The number of aryl methyl sites for hydroxylation is 2. The van der Waals surface area contributed by atoms with Crippen molar-refractivity contribution < 1.29 is 9.59 Å². The van der Waals surface area contributed by atoms with E-state index >= 15 is 0 Å². The summed E-state index contributed by atoms with van der Waals surface area (Å²) in [4.78, 5) is 51.9. The van der Waals surface area contributed by atoms with Gasteiger partial charge >= 0.3 is 0 Å². The molecule has 204 valence electrons. The van der Waals surface area contributed by atoms with E-state index in [0.29, 0.717) is 50.4 Å². The van der Waals surface area contributed by atoms with Gasteiger partial charge in [-0.25, -0.2) is 0 Å². The van der Waals surface area contributed by atoms with Crippen LogP contribution in [0.5, 0.6) is 0 Å². The first-order valence-corrected chi connectivity index (χ1v) is 13.5. The van der Waals surface area contributed by atoms with Crippen LogP contribution in [0.3, 0.4) is 0 Å². The molecule has 0 unspecified atom stereocenters. The van der Waals surface area contributed by atoms with Gasteiger partial charge in [0.15, 0.2) is 10.9 Å². The Morgan fingerprint density at radius 3 is 1.39 bits per heavy atom. The summed E-state index contributed by atoms with van der Waals surface area (Å²) in [7, 11) is 3.74. The summed E-state index contributed by atoms with van der Waals surface area (Å²) in [6, 6.07) is 25.3. The lowest BCUT2D eigenvalue weighted by molar-refractivity contribution is -0.117. The Balaban J connectivity index is 1.17. The predicted molar refractivity (Wildman–Crippen MR) is 165 cm³/mol. The first kappa shape index (κ1) is 26.0. The molecule has 0 atom stereocenters. The number of fused-ring (bicyclic) bond motifs is 4. The number of rotatable bonds is 6. The van der Waals surface area contributed by atoms with Crippen molar-refractivity contribution in [2.75, 3.05) is 10.6 Å². The summed E-state index contributed by atoms with van der Waals surface area (Å²) < 4.78 is 3.83. The normalized spacial score (nSPS) is 11.4. The molecule has 2 N–H and O–H groups in total. The Morgan fingerprint density at radius 2 is 0.951 bits per heavy atom. The van der Waals surface area contributed by atoms with Gasteiger partial charge in [0.1, 0.15) is 0 Å². The van der Waals surface area contributed by atoms with Crippen molar-refractivity contribution in [3.8, 4) is 0 Å². The number of para-hydroxylation sites is 4. The molecule has 0 saturated heterocycles. The number of aromatic nitrogens is 2. The second-order valence-electron chi connectivity index (χ2n) is 10.2. The Hall–Kier alpha value is -5.24. The number of hydrogen-bond donors (Lipinski definition) is 2. The number of anilines is 2. The van der Waals surface area contributed by atoms with Crippen molar-refractivity contribution in [1.29, 1.82) is 0 Å². The molecule has 0 aliphatic rings. The Morgan fingerprint density at radius 1 is 0.561 bits per heavy atom. The molecule has 2 heterocycles. The molecule has 0 fully saturated rings. The van der Waals surface area contributed by atoms with Gasteiger partial charge in [-0.3, -0.25) is 19.2 Å². The van der Waals surface area contributed by atoms with Gasteiger partial charge in [-0.15, -0.1) is 0 Å². The largest absolute Gasteiger partial charge is 0.342 e. The number of hydrogen-bond acceptors (Lipinski definition) is 4. The lowest BCUT2D eigenvalue weighted by atomic mass is 10.1. The fraction of sp³-hybridized carbons (Fsp3) is 0.152. The fourth-order valence-electron chi connectivity index (χ4n) is 5.66. The zero-order valence-corrected chi connectivity index (χ0v) is 22.7. The summed E-state index contributed by atoms with van der Waals surface area (Å²) in [6.45, 7) is 0. The second-order valence-corrected chi connectivity index (χ2v) is 10.2. The van der Waals surface area contributed by atoms with E-state index in [1.807, 2.05) is 59.6 Å². The molecule has 6 rings (SSSR count). The third-order valence-corrected chi connectivity index (χ3v) is 7.61. The number of nitrogens with one attached hydrogen (secondary N) is 2. The van der Waals surface area contributed by atoms with E-state index in [4.69, 9.17) is 0 Å². The van der Waals surface area contributed by atoms with Gasteiger partial charge in [-0.05, 0) is 55.0 Å². The first-order valence-electron chi connectivity index (χ1n) is 13.5. The van der Waals surface area contributed by atoms with Crippen molar-refractivity contribution in [1.82, 2.24) is 9.13 Å². The van der Waals surface area contributed by atoms with Crippen molar-refractivity contribution in [2.45, 2.75) is 19.3 Å². The van der Waals surface area contributed by atoms with Gasteiger partial charge in [-0.1, -0.05) is 36.4 Å². The standard InChI is InChI=1S/C33H28N4O4/c1-36-26-16-5-3-10-20(26)32(40)22-12-7-14-24(30(22)36)34-28(38)18-9-19-29(39)35-25-15-8-13-23-31(25)37(2)27-17-6-4-11-21(27)33(23)41/h3-8,10-17H,9,18-19H2,1-2H3,(H,34,38)(H,35,39). The van der Waals surface area contributed by atoms with Crippen LogP contribution in [0.15, 0.2) is 94.5 Å². The maximum Gasteiger partial charge on any atom is 0.224 e. The quantitative estimate of drug-likeness (QED) is 0.273. The minimum atomic E-state index is -0.245. The molecule has 0 saturated carbocycles. The van der Waals surface area contributed by atoms with Gasteiger partial charge in [-0.2, -0.15) is 0 Å². The van der Waals surface area contributed by atoms with Crippen LogP contribution in [0.25, 0.3) is 43.6 Å². The smallest absolute Gasteiger partial charge is 0.224 e. The average Bonchev–Trinajstić information content (AvgIpc) is 2.98. The lowest BCUT2D eigenvalue weighted by Crippen LogP contribution is -2.17. The number of carbonyl (C=O) groups is 2. The van der Waals surface area contributed by atoms with Crippen LogP contribution in [0.1, 0.15) is 19.3 Å². The van der Waals surface area contributed by atoms with Gasteiger partial charge in [0.05, 0.1) is 33.4 Å². The molecule has 41 heavy (non-hydrogen) atoms. The molecule has 6 aromatic rings. The minimum Gasteiger partial charge on any atom is -0.342 e. The molecular formula is C33H28N4O4. The van der Waals surface area contributed by atoms with Gasteiger partial charge < -0.3 is 19.8 Å². The van der Waals surface area contributed by atoms with Crippen LogP contribution in [-0.4, -0.2) is 20.9 Å². The summed E-state index contributed by atoms with van der Waals surface area (Å²) in [5.74, 6) is -0.491. The van der Waals surface area contributed by atoms with Crippen molar-refractivity contribution in [3.05, 3.63) is 105 Å². The van der Waals surface area contributed by atoms with Gasteiger partial charge in [0.2, 0.25) is 11.8 Å². The van der Waals surface area contributed by atoms with Gasteiger partial charge in [0.25, 0.3) is 0 Å². The second kappa shape index (κ2) is 10.4. The SMILES string of the molecule is Cn1c2ccccc2c(=O)c2cccc(NC(=O)CCCC(=O)Nc3cccc4c(=O)c5ccccc5n(C)c34)c21. The maximum absolute atomic E-state index is 13.1. The number of carbonyl (C=O) groups excluding carboxylic acids is 2. The number of nitrogens with zero attached hydrogens (tertiary/aromatic N) is 2. The number of pyridine rings is 2. The lowest BCUT2D eigenvalue weighted by Gasteiger charge is -2.15. The highest BCUT2D eigenvalue weighted by Crippen LogP contribution is 2.26. The molecule has 8 heteroatoms. The van der Waals surface area contributed by atoms with Crippen LogP contribution in [0.2, 0.25) is 0 Å². The summed E-state index contributed by atoms with van der Waals surface area (Å²) >= 11 is 0. The summed E-state index contributed by atoms with van der Waals surface area (Å²) in [5, 5.41) is 8.16. The maximum atomic E-state index is 13.1. The summed E-state index contributed by atoms with van der Waals surface area (Å²) in [5.41, 5.74) is 3.79. The first-order chi connectivity index (χ1) is 19.8. The molecular weight excluding hydrogens is 516 g/mol. The molecule has 0 radical (unpaired) electrons. The minimum absolute atomic E-state index is 0.0830. The Bertz CT molecular complexity index is 1990. The summed E-state index contributed by atoms with van der Waals surface area (Å²) in [6.07, 6.45) is 0.588. The topological polar surface area (TPSA) is 102 Å². The third-order valence-electron chi connectivity index (χ3n) is 7.61. The highest BCUT2D eigenvalue weighted by molar-refractivity contribution is 6.05. The van der Waals surface area contributed by atoms with Crippen LogP contribution in [0.4, 0.5) is 11.4 Å². The number of benzene rings is 4. The van der Waals surface area contributed by atoms with Crippen molar-refractivity contribution in [3.63, 3.8) is 0 Å². The molecule has 4 aromatic carbocycles. The van der Waals surface area contributed by atoms with Gasteiger partial charge in [0, 0.05) is 48.5 Å². The third kappa shape index (κ3) is 4.53. The van der Waals surface area contributed by atoms with Crippen molar-refractivity contribution >= 4 is 66.8 Å². The zero-order valence-electron chi connectivity index (χ0n) is 22.7. The van der Waals surface area contributed by atoms with Crippen LogP contribution in [-0.2, 0) is 23.7 Å². The highest BCUT2D eigenvalue weighted by atomic mass is 16.2. The van der Waals surface area contributed by atoms with Crippen LogP contribution in [0, 0.1) is 0 Å². The zero-order chi connectivity index (χ0) is 28.7. The fourth-order valence-corrected chi connectivity index (χ4v) is 5.66. The van der Waals surface area contributed by atoms with E-state index in [0.717, 1.165) is 11.0 Å². The Kier molecular flexibility index (Phi) is 6.59. The van der Waals surface area contributed by atoms with Crippen LogP contribution < -0.4 is 21.5 Å². The Labute approximate surface area is 234 Å². The molecule has 2 aromatic heterocycles. The molecule has 0 spiro atoms. The van der Waals surface area contributed by atoms with E-state index in [-0.39, 0.29) is 35.5 Å². The number of amides is 2. The van der Waals surface area contributed by atoms with E-state index in [1.165, 1.54) is 0 Å². The van der Waals surface area contributed by atoms with E-state index < -0.39 is 0 Å². The molecule has 0 bridgehead atoms. The van der Waals surface area contributed by atoms with E-state index in [2.05, 4.69) is 10.6 Å². The highest BCUT2D eigenvalue weighted by Gasteiger charge is 2.16. The molecule has 0 aliphatic heterocycles. The monoisotopic (exact) mass is 544 g/mol. The molecule has 0 aliphatic carbocycles. The van der Waals surface area contributed by atoms with Crippen molar-refractivity contribution in [2.24, 2.45) is 14.1 Å². The molecule has 2 amide bonds. The van der Waals surface area contributed by atoms with Crippen LogP contribution >= 0.6 is 0 Å².